The predicted octanol–water partition coefficient (Wildman–Crippen LogP) is 2.87. The van der Waals surface area contributed by atoms with Gasteiger partial charge >= 0.3 is 5.97 Å². The molecule has 6 nitrogen and oxygen atoms in total. The summed E-state index contributed by atoms with van der Waals surface area (Å²) in [6.45, 7) is 0.116. The van der Waals surface area contributed by atoms with Gasteiger partial charge in [-0.2, -0.15) is 0 Å². The van der Waals surface area contributed by atoms with E-state index >= 15 is 0 Å². The van der Waals surface area contributed by atoms with E-state index in [4.69, 9.17) is 4.74 Å². The quantitative estimate of drug-likeness (QED) is 0.619. The number of esters is 1. The number of aromatic nitrogens is 1. The molecule has 142 valence electrons. The lowest BCUT2D eigenvalue weighted by atomic mass is 10.1. The summed E-state index contributed by atoms with van der Waals surface area (Å²) in [6.07, 6.45) is 1.74. The molecule has 1 amide bonds. The number of nitrogens with zero attached hydrogens (tertiary/aromatic N) is 1. The Kier molecular flexibility index (Phi) is 6.36. The summed E-state index contributed by atoms with van der Waals surface area (Å²) < 4.78 is 5.40. The molecule has 0 saturated carbocycles. The number of carbonyl (C=O) groups excluding carboxylic acids is 2. The minimum Gasteiger partial charge on any atom is -0.508 e. The number of aromatic hydroxyl groups is 1. The van der Waals surface area contributed by atoms with Crippen LogP contribution in [0.5, 0.6) is 5.75 Å². The molecule has 0 spiro atoms. The van der Waals surface area contributed by atoms with Crippen molar-refractivity contribution >= 4 is 11.9 Å². The Morgan fingerprint density at radius 2 is 1.64 bits per heavy atom. The Labute approximate surface area is 162 Å². The second-order valence-corrected chi connectivity index (χ2v) is 6.20. The molecule has 0 unspecified atom stereocenters. The number of ether oxygens (including phenoxy) is 1. The highest BCUT2D eigenvalue weighted by Gasteiger charge is 2.24. The van der Waals surface area contributed by atoms with Crippen molar-refractivity contribution in [3.05, 3.63) is 95.8 Å². The maximum atomic E-state index is 12.6. The van der Waals surface area contributed by atoms with Crippen LogP contribution in [0.2, 0.25) is 0 Å². The summed E-state index contributed by atoms with van der Waals surface area (Å²) in [6, 6.07) is 19.9. The molecule has 0 fully saturated rings. The molecule has 3 aromatic rings. The number of pyridine rings is 1. The van der Waals surface area contributed by atoms with Crippen molar-refractivity contribution in [3.63, 3.8) is 0 Å². The Bertz CT molecular complexity index is 912. The van der Waals surface area contributed by atoms with Gasteiger partial charge in [-0.15, -0.1) is 0 Å². The summed E-state index contributed by atoms with van der Waals surface area (Å²) in [4.78, 5) is 29.1. The molecule has 3 rings (SSSR count). The summed E-state index contributed by atoms with van der Waals surface area (Å²) in [5, 5.41) is 12.1. The molecule has 1 aromatic heterocycles. The SMILES string of the molecule is O=C(N[C@@H](Cc1ccc(O)cc1)C(=O)OCc1ccccc1)c1ccccn1. The van der Waals surface area contributed by atoms with E-state index < -0.39 is 17.9 Å². The van der Waals surface area contributed by atoms with Crippen molar-refractivity contribution in [1.29, 1.82) is 0 Å². The smallest absolute Gasteiger partial charge is 0.329 e. The first-order valence-electron chi connectivity index (χ1n) is 8.82. The minimum absolute atomic E-state index is 0.116. The van der Waals surface area contributed by atoms with Gasteiger partial charge in [-0.1, -0.05) is 48.5 Å². The van der Waals surface area contributed by atoms with Crippen molar-refractivity contribution in [2.75, 3.05) is 0 Å². The van der Waals surface area contributed by atoms with Gasteiger partial charge < -0.3 is 15.2 Å². The van der Waals surface area contributed by atoms with E-state index in [9.17, 15) is 14.7 Å². The number of phenolic OH excluding ortho intramolecular Hbond substituents is 1. The lowest BCUT2D eigenvalue weighted by Gasteiger charge is -2.18. The third-order valence-corrected chi connectivity index (χ3v) is 4.09. The summed E-state index contributed by atoms with van der Waals surface area (Å²) in [7, 11) is 0. The van der Waals surface area contributed by atoms with Gasteiger partial charge in [-0.25, -0.2) is 4.79 Å². The van der Waals surface area contributed by atoms with Gasteiger partial charge in [-0.3, -0.25) is 9.78 Å². The van der Waals surface area contributed by atoms with Crippen LogP contribution in [0.3, 0.4) is 0 Å². The van der Waals surface area contributed by atoms with Crippen LogP contribution in [0.25, 0.3) is 0 Å². The van der Waals surface area contributed by atoms with Crippen LogP contribution in [0, 0.1) is 0 Å². The molecule has 2 N–H and O–H groups in total. The summed E-state index contributed by atoms with van der Waals surface area (Å²) in [5.74, 6) is -0.869. The number of benzene rings is 2. The number of phenols is 1. The third kappa shape index (κ3) is 5.41. The lowest BCUT2D eigenvalue weighted by molar-refractivity contribution is -0.147. The number of hydrogen-bond donors (Lipinski definition) is 2. The minimum atomic E-state index is -0.886. The number of nitrogens with one attached hydrogen (secondary N) is 1. The van der Waals surface area contributed by atoms with Crippen LogP contribution < -0.4 is 5.32 Å². The standard InChI is InChI=1S/C22H20N2O4/c25-18-11-9-16(10-12-18)14-20(24-21(26)19-8-4-5-13-23-19)22(27)28-15-17-6-2-1-3-7-17/h1-13,20,25H,14-15H2,(H,24,26)/t20-/m0/s1. The highest BCUT2D eigenvalue weighted by atomic mass is 16.5. The van der Waals surface area contributed by atoms with E-state index in [0.29, 0.717) is 0 Å². The van der Waals surface area contributed by atoms with Gasteiger partial charge in [0, 0.05) is 12.6 Å². The zero-order valence-electron chi connectivity index (χ0n) is 15.1. The Morgan fingerprint density at radius 1 is 0.929 bits per heavy atom. The normalized spacial score (nSPS) is 11.4. The molecular weight excluding hydrogens is 356 g/mol. The van der Waals surface area contributed by atoms with Gasteiger partial charge in [0.25, 0.3) is 5.91 Å². The Balaban J connectivity index is 1.71. The molecule has 6 heteroatoms. The number of rotatable bonds is 7. The first kappa shape index (κ1) is 19.1. The lowest BCUT2D eigenvalue weighted by Crippen LogP contribution is -2.43. The molecule has 1 heterocycles. The molecular formula is C22H20N2O4. The van der Waals surface area contributed by atoms with Crippen LogP contribution >= 0.6 is 0 Å². The van der Waals surface area contributed by atoms with Crippen LogP contribution in [0.4, 0.5) is 0 Å². The number of hydrogen-bond acceptors (Lipinski definition) is 5. The zero-order valence-corrected chi connectivity index (χ0v) is 15.1. The fraction of sp³-hybridized carbons (Fsp3) is 0.136. The Morgan fingerprint density at radius 3 is 2.32 bits per heavy atom. The second-order valence-electron chi connectivity index (χ2n) is 6.20. The van der Waals surface area contributed by atoms with Crippen molar-refractivity contribution in [3.8, 4) is 5.75 Å². The first-order chi connectivity index (χ1) is 13.6. The van der Waals surface area contributed by atoms with Crippen molar-refractivity contribution in [2.24, 2.45) is 0 Å². The molecule has 2 aromatic carbocycles. The monoisotopic (exact) mass is 376 g/mol. The average Bonchev–Trinajstić information content (AvgIpc) is 2.74. The largest absolute Gasteiger partial charge is 0.508 e. The summed E-state index contributed by atoms with van der Waals surface area (Å²) in [5.41, 5.74) is 1.85. The van der Waals surface area contributed by atoms with E-state index in [1.54, 1.807) is 30.3 Å². The highest BCUT2D eigenvalue weighted by molar-refractivity contribution is 5.95. The first-order valence-corrected chi connectivity index (χ1v) is 8.82. The van der Waals surface area contributed by atoms with Gasteiger partial charge in [0.2, 0.25) is 0 Å². The number of amides is 1. The zero-order chi connectivity index (χ0) is 19.8. The van der Waals surface area contributed by atoms with E-state index in [1.807, 2.05) is 30.3 Å². The summed E-state index contributed by atoms with van der Waals surface area (Å²) >= 11 is 0. The van der Waals surface area contributed by atoms with E-state index in [0.717, 1.165) is 11.1 Å². The molecule has 28 heavy (non-hydrogen) atoms. The molecule has 0 radical (unpaired) electrons. The van der Waals surface area contributed by atoms with Crippen LogP contribution in [-0.4, -0.2) is 28.0 Å². The maximum Gasteiger partial charge on any atom is 0.329 e. The highest BCUT2D eigenvalue weighted by Crippen LogP contribution is 2.13. The fourth-order valence-electron chi connectivity index (χ4n) is 2.62. The van der Waals surface area contributed by atoms with E-state index in [1.165, 1.54) is 18.3 Å². The van der Waals surface area contributed by atoms with Gasteiger partial charge in [0.05, 0.1) is 0 Å². The molecule has 0 aliphatic rings. The van der Waals surface area contributed by atoms with Crippen molar-refractivity contribution in [1.82, 2.24) is 10.3 Å². The maximum absolute atomic E-state index is 12.6. The van der Waals surface area contributed by atoms with Crippen LogP contribution in [0.15, 0.2) is 79.0 Å². The van der Waals surface area contributed by atoms with Crippen LogP contribution in [-0.2, 0) is 22.6 Å². The molecule has 1 atom stereocenters. The van der Waals surface area contributed by atoms with Gasteiger partial charge in [0.1, 0.15) is 24.1 Å². The van der Waals surface area contributed by atoms with E-state index in [-0.39, 0.29) is 24.5 Å². The van der Waals surface area contributed by atoms with E-state index in [2.05, 4.69) is 10.3 Å². The number of carbonyl (C=O) groups is 2. The van der Waals surface area contributed by atoms with Crippen molar-refractivity contribution < 1.29 is 19.4 Å². The third-order valence-electron chi connectivity index (χ3n) is 4.09. The predicted molar refractivity (Wildman–Crippen MR) is 104 cm³/mol. The van der Waals surface area contributed by atoms with Crippen LogP contribution in [0.1, 0.15) is 21.6 Å². The second kappa shape index (κ2) is 9.32. The van der Waals surface area contributed by atoms with Crippen molar-refractivity contribution in [2.45, 2.75) is 19.1 Å². The fourth-order valence-corrected chi connectivity index (χ4v) is 2.62. The Hall–Kier alpha value is -3.67. The molecule has 0 bridgehead atoms. The topological polar surface area (TPSA) is 88.5 Å². The van der Waals surface area contributed by atoms with Gasteiger partial charge in [-0.05, 0) is 35.4 Å². The average molecular weight is 376 g/mol. The molecule has 0 aliphatic carbocycles. The molecule has 0 saturated heterocycles. The molecule has 0 aliphatic heterocycles. The van der Waals surface area contributed by atoms with Gasteiger partial charge in [0.15, 0.2) is 0 Å².